The number of aliphatic hydroxyl groups excluding tert-OH is 2. The molecule has 0 bridgehead atoms. The molecule has 2 atom stereocenters. The first-order valence-corrected chi connectivity index (χ1v) is 11.9. The van der Waals surface area contributed by atoms with Crippen LogP contribution in [0.25, 0.3) is 10.9 Å². The monoisotopic (exact) mass is 466 g/mol. The fraction of sp³-hybridized carbons (Fsp3) is 0.500. The zero-order chi connectivity index (χ0) is 24.1. The summed E-state index contributed by atoms with van der Waals surface area (Å²) in [6.45, 7) is 11.7. The van der Waals surface area contributed by atoms with Crippen molar-refractivity contribution < 1.29 is 10.2 Å². The summed E-state index contributed by atoms with van der Waals surface area (Å²) in [7, 11) is 0. The van der Waals surface area contributed by atoms with Crippen molar-refractivity contribution in [2.24, 2.45) is 0 Å². The number of β-amino-alcohol motifs (C(OH)–C–C–N with tert-alkyl or cyclic N) is 1. The molecular weight excluding hydrogens is 432 g/mol. The van der Waals surface area contributed by atoms with Gasteiger partial charge in [0.2, 0.25) is 5.95 Å². The third-order valence-corrected chi connectivity index (χ3v) is 5.82. The van der Waals surface area contributed by atoms with E-state index in [9.17, 15) is 10.2 Å². The number of hydrogen-bond acceptors (Lipinski definition) is 10. The normalized spacial score (nSPS) is 17.0. The molecule has 0 aliphatic carbocycles. The van der Waals surface area contributed by atoms with E-state index in [4.69, 9.17) is 0 Å². The van der Waals surface area contributed by atoms with Gasteiger partial charge in [-0.2, -0.15) is 0 Å². The van der Waals surface area contributed by atoms with Crippen LogP contribution in [-0.2, 0) is 6.54 Å². The second-order valence-electron chi connectivity index (χ2n) is 8.84. The quantitative estimate of drug-likeness (QED) is 0.373. The summed E-state index contributed by atoms with van der Waals surface area (Å²) in [6, 6.07) is 5.81. The Morgan fingerprint density at radius 1 is 1.00 bits per heavy atom. The van der Waals surface area contributed by atoms with E-state index in [1.165, 1.54) is 0 Å². The van der Waals surface area contributed by atoms with Crippen molar-refractivity contribution in [3.63, 3.8) is 0 Å². The van der Waals surface area contributed by atoms with Gasteiger partial charge in [0.1, 0.15) is 11.3 Å². The lowest BCUT2D eigenvalue weighted by Crippen LogP contribution is -2.47. The summed E-state index contributed by atoms with van der Waals surface area (Å²) in [5.41, 5.74) is 2.42. The van der Waals surface area contributed by atoms with Crippen LogP contribution in [0.4, 0.5) is 17.6 Å². The van der Waals surface area contributed by atoms with Gasteiger partial charge in [0, 0.05) is 63.6 Å². The van der Waals surface area contributed by atoms with E-state index in [1.807, 2.05) is 32.2 Å². The maximum Gasteiger partial charge on any atom is 0.229 e. The summed E-state index contributed by atoms with van der Waals surface area (Å²) in [6.07, 6.45) is 2.65. The zero-order valence-electron chi connectivity index (χ0n) is 20.1. The first kappa shape index (κ1) is 24.2. The highest BCUT2D eigenvalue weighted by Crippen LogP contribution is 2.25. The van der Waals surface area contributed by atoms with Gasteiger partial charge in [-0.3, -0.25) is 9.80 Å². The largest absolute Gasteiger partial charge is 0.392 e. The van der Waals surface area contributed by atoms with E-state index in [2.05, 4.69) is 46.4 Å². The fourth-order valence-corrected chi connectivity index (χ4v) is 4.09. The van der Waals surface area contributed by atoms with Crippen LogP contribution in [0.1, 0.15) is 38.1 Å². The summed E-state index contributed by atoms with van der Waals surface area (Å²) in [5, 5.41) is 26.7. The molecule has 0 spiro atoms. The van der Waals surface area contributed by atoms with Crippen LogP contribution in [0.15, 0.2) is 30.6 Å². The van der Waals surface area contributed by atoms with E-state index < -0.39 is 6.10 Å². The predicted molar refractivity (Wildman–Crippen MR) is 133 cm³/mol. The van der Waals surface area contributed by atoms with Gasteiger partial charge in [0.25, 0.3) is 0 Å². The molecule has 4 heterocycles. The van der Waals surface area contributed by atoms with Crippen molar-refractivity contribution in [2.75, 3.05) is 49.9 Å². The summed E-state index contributed by atoms with van der Waals surface area (Å²) < 4.78 is 0. The second kappa shape index (κ2) is 11.0. The molecule has 4 N–H and O–H groups in total. The molecule has 0 radical (unpaired) electrons. The molecule has 10 nitrogen and oxygen atoms in total. The maximum absolute atomic E-state index is 9.93. The molecule has 1 aliphatic heterocycles. The zero-order valence-corrected chi connectivity index (χ0v) is 20.1. The second-order valence-corrected chi connectivity index (χ2v) is 8.84. The van der Waals surface area contributed by atoms with Gasteiger partial charge in [-0.15, -0.1) is 0 Å². The third-order valence-electron chi connectivity index (χ3n) is 5.82. The number of aliphatic hydroxyl groups is 2. The van der Waals surface area contributed by atoms with Crippen molar-refractivity contribution >= 4 is 28.5 Å². The summed E-state index contributed by atoms with van der Waals surface area (Å²) in [4.78, 5) is 22.8. The van der Waals surface area contributed by atoms with Gasteiger partial charge in [0.05, 0.1) is 17.9 Å². The molecule has 4 rings (SSSR count). The SMILES string of the molecule is CCNc1nc([C@@H](C)O)cc2cnc(Nc3ccc(CN4CCN(C[C@@H](C)O)CC4)cn3)nc12. The molecule has 0 unspecified atom stereocenters. The number of anilines is 3. The molecule has 0 aromatic carbocycles. The number of hydrogen-bond donors (Lipinski definition) is 4. The number of piperazine rings is 1. The molecule has 10 heteroatoms. The molecule has 3 aromatic rings. The third kappa shape index (κ3) is 6.15. The lowest BCUT2D eigenvalue weighted by Gasteiger charge is -2.35. The van der Waals surface area contributed by atoms with Gasteiger partial charge < -0.3 is 20.8 Å². The Morgan fingerprint density at radius 3 is 2.41 bits per heavy atom. The van der Waals surface area contributed by atoms with Crippen LogP contribution in [0.5, 0.6) is 0 Å². The Kier molecular flexibility index (Phi) is 7.84. The van der Waals surface area contributed by atoms with Crippen LogP contribution < -0.4 is 10.6 Å². The number of nitrogens with zero attached hydrogens (tertiary/aromatic N) is 6. The Hall–Kier alpha value is -2.92. The van der Waals surface area contributed by atoms with E-state index in [0.717, 1.165) is 50.2 Å². The summed E-state index contributed by atoms with van der Waals surface area (Å²) in [5.74, 6) is 1.73. The lowest BCUT2D eigenvalue weighted by molar-refractivity contribution is 0.0780. The topological polar surface area (TPSA) is 123 Å². The summed E-state index contributed by atoms with van der Waals surface area (Å²) >= 11 is 0. The fourth-order valence-electron chi connectivity index (χ4n) is 4.09. The molecule has 1 aliphatic rings. The van der Waals surface area contributed by atoms with E-state index in [0.29, 0.717) is 35.3 Å². The highest BCUT2D eigenvalue weighted by molar-refractivity contribution is 5.89. The van der Waals surface area contributed by atoms with Gasteiger partial charge in [-0.05, 0) is 38.5 Å². The highest BCUT2D eigenvalue weighted by atomic mass is 16.3. The van der Waals surface area contributed by atoms with Crippen molar-refractivity contribution in [1.82, 2.24) is 29.7 Å². The molecule has 3 aromatic heterocycles. The molecule has 34 heavy (non-hydrogen) atoms. The molecule has 1 saturated heterocycles. The molecular formula is C24H34N8O2. The smallest absolute Gasteiger partial charge is 0.229 e. The average Bonchev–Trinajstić information content (AvgIpc) is 2.81. The van der Waals surface area contributed by atoms with Gasteiger partial charge in [0.15, 0.2) is 5.82 Å². The van der Waals surface area contributed by atoms with Gasteiger partial charge in [-0.25, -0.2) is 19.9 Å². The Balaban J connectivity index is 1.40. The maximum atomic E-state index is 9.93. The first-order chi connectivity index (χ1) is 16.4. The number of pyridine rings is 2. The van der Waals surface area contributed by atoms with Gasteiger partial charge >= 0.3 is 0 Å². The van der Waals surface area contributed by atoms with Crippen LogP contribution >= 0.6 is 0 Å². The van der Waals surface area contributed by atoms with Crippen LogP contribution in [0, 0.1) is 0 Å². The minimum absolute atomic E-state index is 0.283. The van der Waals surface area contributed by atoms with E-state index >= 15 is 0 Å². The Morgan fingerprint density at radius 2 is 1.76 bits per heavy atom. The van der Waals surface area contributed by atoms with Crippen LogP contribution in [-0.4, -0.2) is 85.3 Å². The van der Waals surface area contributed by atoms with E-state index in [1.54, 1.807) is 13.1 Å². The van der Waals surface area contributed by atoms with Crippen molar-refractivity contribution in [3.05, 3.63) is 41.9 Å². The predicted octanol–water partition coefficient (Wildman–Crippen LogP) is 2.15. The molecule has 0 saturated carbocycles. The van der Waals surface area contributed by atoms with Crippen molar-refractivity contribution in [1.29, 1.82) is 0 Å². The minimum Gasteiger partial charge on any atom is -0.392 e. The van der Waals surface area contributed by atoms with Crippen LogP contribution in [0.3, 0.4) is 0 Å². The van der Waals surface area contributed by atoms with Gasteiger partial charge in [-0.1, -0.05) is 6.07 Å². The number of fused-ring (bicyclic) bond motifs is 1. The molecule has 1 fully saturated rings. The molecule has 182 valence electrons. The van der Waals surface area contributed by atoms with Crippen LogP contribution in [0.2, 0.25) is 0 Å². The highest BCUT2D eigenvalue weighted by Gasteiger charge is 2.18. The number of nitrogens with one attached hydrogen (secondary N) is 2. The lowest BCUT2D eigenvalue weighted by atomic mass is 10.2. The minimum atomic E-state index is -0.671. The average molecular weight is 467 g/mol. The van der Waals surface area contributed by atoms with Crippen molar-refractivity contribution in [2.45, 2.75) is 39.5 Å². The van der Waals surface area contributed by atoms with Crippen molar-refractivity contribution in [3.8, 4) is 0 Å². The number of rotatable bonds is 9. The Bertz CT molecular complexity index is 1080. The molecule has 0 amide bonds. The number of aromatic nitrogens is 4. The first-order valence-electron chi connectivity index (χ1n) is 11.9. The standard InChI is InChI=1S/C24H34N8O2/c1-4-25-23-22-19(11-20(28-23)17(3)34)13-27-24(30-22)29-21-6-5-18(12-26-21)15-32-9-7-31(8-10-32)14-16(2)33/h5-6,11-13,16-17,33-34H,4,7-10,14-15H2,1-3H3,(H,25,28)(H,26,27,29,30)/t16-,17-/m1/s1. The van der Waals surface area contributed by atoms with E-state index in [-0.39, 0.29) is 6.10 Å². The Labute approximate surface area is 200 Å².